The molecule has 94 valence electrons. The van der Waals surface area contributed by atoms with Gasteiger partial charge in [0.15, 0.2) is 0 Å². The number of thiophene rings is 1. The first-order chi connectivity index (χ1) is 8.66. The zero-order chi connectivity index (χ0) is 13.0. The first-order valence-corrected chi connectivity index (χ1v) is 7.45. The highest BCUT2D eigenvalue weighted by Gasteiger charge is 2.06. The topological polar surface area (TPSA) is 41.1 Å². The largest absolute Gasteiger partial charge is 0.379 e. The third-order valence-corrected chi connectivity index (χ3v) is 4.23. The quantitative estimate of drug-likeness (QED) is 0.799. The molecule has 0 aliphatic heterocycles. The normalized spacial score (nSPS) is 10.1. The molecule has 2 aromatic rings. The van der Waals surface area contributed by atoms with Gasteiger partial charge in [0.25, 0.3) is 0 Å². The minimum absolute atomic E-state index is 0.0380. The second kappa shape index (κ2) is 6.19. The number of hydrogen-bond acceptors (Lipinski definition) is 3. The summed E-state index contributed by atoms with van der Waals surface area (Å²) in [6.07, 6.45) is 0. The Bertz CT molecular complexity index is 553. The highest BCUT2D eigenvalue weighted by molar-refractivity contribution is 14.1. The molecule has 0 fully saturated rings. The number of amides is 1. The van der Waals surface area contributed by atoms with Gasteiger partial charge in [-0.2, -0.15) is 0 Å². The zero-order valence-electron chi connectivity index (χ0n) is 9.87. The van der Waals surface area contributed by atoms with Crippen LogP contribution in [0.3, 0.4) is 0 Å². The summed E-state index contributed by atoms with van der Waals surface area (Å²) < 4.78 is 1.19. The lowest BCUT2D eigenvalue weighted by atomic mass is 10.3. The second-order valence-corrected chi connectivity index (χ2v) is 5.93. The number of carbonyl (C=O) groups excluding carboxylic acids is 1. The van der Waals surface area contributed by atoms with E-state index in [0.717, 1.165) is 16.3 Å². The molecule has 1 aromatic heterocycles. The fourth-order valence-electron chi connectivity index (χ4n) is 1.56. The highest BCUT2D eigenvalue weighted by Crippen LogP contribution is 2.24. The number of nitrogens with one attached hydrogen (secondary N) is 2. The number of hydrogen-bond donors (Lipinski definition) is 2. The van der Waals surface area contributed by atoms with Crippen LogP contribution in [-0.4, -0.2) is 5.91 Å². The van der Waals surface area contributed by atoms with Gasteiger partial charge in [-0.1, -0.05) is 12.1 Å². The van der Waals surface area contributed by atoms with Crippen LogP contribution in [0.2, 0.25) is 0 Å². The molecule has 2 N–H and O–H groups in total. The number of carbonyl (C=O) groups is 1. The molecule has 1 aromatic carbocycles. The van der Waals surface area contributed by atoms with Gasteiger partial charge in [0.05, 0.1) is 12.2 Å². The van der Waals surface area contributed by atoms with Crippen molar-refractivity contribution < 1.29 is 4.79 Å². The van der Waals surface area contributed by atoms with Crippen LogP contribution in [0.15, 0.2) is 35.7 Å². The van der Waals surface area contributed by atoms with Gasteiger partial charge in [0.1, 0.15) is 0 Å². The highest BCUT2D eigenvalue weighted by atomic mass is 127. The van der Waals surface area contributed by atoms with Crippen molar-refractivity contribution in [1.82, 2.24) is 0 Å². The lowest BCUT2D eigenvalue weighted by molar-refractivity contribution is -0.114. The third kappa shape index (κ3) is 3.46. The van der Waals surface area contributed by atoms with Crippen molar-refractivity contribution in [2.24, 2.45) is 0 Å². The van der Waals surface area contributed by atoms with Gasteiger partial charge < -0.3 is 10.6 Å². The van der Waals surface area contributed by atoms with Crippen LogP contribution in [0.25, 0.3) is 0 Å². The molecule has 0 spiro atoms. The standard InChI is InChI=1S/C13H13IN2OS/c1-9(17)16-12-6-7-18-13(12)8-15-11-5-3-2-4-10(11)14/h2-7,15H,8H2,1H3,(H,16,17). The SMILES string of the molecule is CC(=O)Nc1ccsc1CNc1ccccc1I. The molecule has 18 heavy (non-hydrogen) atoms. The molecule has 1 amide bonds. The molecule has 0 unspecified atom stereocenters. The molecule has 0 saturated carbocycles. The monoisotopic (exact) mass is 372 g/mol. The predicted molar refractivity (Wildman–Crippen MR) is 85.1 cm³/mol. The second-order valence-electron chi connectivity index (χ2n) is 3.77. The van der Waals surface area contributed by atoms with E-state index in [1.807, 2.05) is 29.6 Å². The number of para-hydroxylation sites is 1. The van der Waals surface area contributed by atoms with Crippen molar-refractivity contribution in [3.63, 3.8) is 0 Å². The van der Waals surface area contributed by atoms with Crippen LogP contribution in [0, 0.1) is 3.57 Å². The molecule has 2 rings (SSSR count). The fourth-order valence-corrected chi connectivity index (χ4v) is 2.91. The summed E-state index contributed by atoms with van der Waals surface area (Å²) >= 11 is 3.94. The van der Waals surface area contributed by atoms with E-state index in [4.69, 9.17) is 0 Å². The summed E-state index contributed by atoms with van der Waals surface area (Å²) in [5.74, 6) is -0.0380. The van der Waals surface area contributed by atoms with Crippen molar-refractivity contribution in [2.45, 2.75) is 13.5 Å². The third-order valence-electron chi connectivity index (χ3n) is 2.37. The Morgan fingerprint density at radius 2 is 2.06 bits per heavy atom. The maximum atomic E-state index is 11.1. The maximum Gasteiger partial charge on any atom is 0.221 e. The Labute approximate surface area is 124 Å². The van der Waals surface area contributed by atoms with Crippen LogP contribution in [0.5, 0.6) is 0 Å². The molecule has 0 atom stereocenters. The number of rotatable bonds is 4. The minimum Gasteiger partial charge on any atom is -0.379 e. The van der Waals surface area contributed by atoms with E-state index < -0.39 is 0 Å². The number of anilines is 2. The van der Waals surface area contributed by atoms with Gasteiger partial charge in [-0.05, 0) is 46.2 Å². The molecule has 0 aliphatic rings. The summed E-state index contributed by atoms with van der Waals surface area (Å²) in [6.45, 7) is 2.24. The van der Waals surface area contributed by atoms with E-state index in [1.54, 1.807) is 11.3 Å². The van der Waals surface area contributed by atoms with E-state index in [1.165, 1.54) is 10.5 Å². The summed E-state index contributed by atoms with van der Waals surface area (Å²) in [6, 6.07) is 10.1. The van der Waals surface area contributed by atoms with Crippen molar-refractivity contribution in [1.29, 1.82) is 0 Å². The van der Waals surface area contributed by atoms with Gasteiger partial charge >= 0.3 is 0 Å². The van der Waals surface area contributed by atoms with E-state index >= 15 is 0 Å². The Kier molecular flexibility index (Phi) is 4.60. The Morgan fingerprint density at radius 3 is 2.78 bits per heavy atom. The minimum atomic E-state index is -0.0380. The Hall–Kier alpha value is -1.08. The average Bonchev–Trinajstić information content (AvgIpc) is 2.75. The molecule has 0 saturated heterocycles. The predicted octanol–water partition coefficient (Wildman–Crippen LogP) is 3.92. The van der Waals surface area contributed by atoms with Crippen molar-refractivity contribution in [3.05, 3.63) is 44.2 Å². The average molecular weight is 372 g/mol. The first kappa shape index (κ1) is 13.4. The maximum absolute atomic E-state index is 11.1. The molecule has 0 radical (unpaired) electrons. The summed E-state index contributed by atoms with van der Waals surface area (Å²) in [7, 11) is 0. The van der Waals surface area contributed by atoms with Gasteiger partial charge in [0.2, 0.25) is 5.91 Å². The molecule has 0 aliphatic carbocycles. The molecular weight excluding hydrogens is 359 g/mol. The molecule has 0 bridgehead atoms. The van der Waals surface area contributed by atoms with Crippen molar-refractivity contribution in [2.75, 3.05) is 10.6 Å². The Balaban J connectivity index is 2.05. The molecular formula is C13H13IN2OS. The van der Waals surface area contributed by atoms with Crippen molar-refractivity contribution >= 4 is 51.2 Å². The van der Waals surface area contributed by atoms with Crippen LogP contribution >= 0.6 is 33.9 Å². The lowest BCUT2D eigenvalue weighted by Gasteiger charge is -2.09. The van der Waals surface area contributed by atoms with E-state index in [-0.39, 0.29) is 5.91 Å². The summed E-state index contributed by atoms with van der Waals surface area (Å²) in [5, 5.41) is 8.20. The van der Waals surface area contributed by atoms with Crippen LogP contribution < -0.4 is 10.6 Å². The van der Waals surface area contributed by atoms with E-state index in [9.17, 15) is 4.79 Å². The number of halogens is 1. The molecule has 1 heterocycles. The van der Waals surface area contributed by atoms with Gasteiger partial charge in [-0.25, -0.2) is 0 Å². The van der Waals surface area contributed by atoms with Crippen molar-refractivity contribution in [3.8, 4) is 0 Å². The van der Waals surface area contributed by atoms with Gasteiger partial charge in [-0.3, -0.25) is 4.79 Å². The fraction of sp³-hybridized carbons (Fsp3) is 0.154. The van der Waals surface area contributed by atoms with Crippen LogP contribution in [0.1, 0.15) is 11.8 Å². The van der Waals surface area contributed by atoms with Crippen LogP contribution in [-0.2, 0) is 11.3 Å². The summed E-state index contributed by atoms with van der Waals surface area (Å²) in [5.41, 5.74) is 2.01. The number of benzene rings is 1. The molecule has 5 heteroatoms. The molecule has 3 nitrogen and oxygen atoms in total. The van der Waals surface area contributed by atoms with Crippen LogP contribution in [0.4, 0.5) is 11.4 Å². The smallest absolute Gasteiger partial charge is 0.221 e. The van der Waals surface area contributed by atoms with Gasteiger partial charge in [-0.15, -0.1) is 11.3 Å². The Morgan fingerprint density at radius 1 is 1.28 bits per heavy atom. The van der Waals surface area contributed by atoms with E-state index in [0.29, 0.717) is 6.54 Å². The lowest BCUT2D eigenvalue weighted by Crippen LogP contribution is -2.08. The summed E-state index contributed by atoms with van der Waals surface area (Å²) in [4.78, 5) is 12.2. The zero-order valence-corrected chi connectivity index (χ0v) is 12.8. The van der Waals surface area contributed by atoms with E-state index in [2.05, 4.69) is 39.3 Å². The first-order valence-electron chi connectivity index (χ1n) is 5.49. The van der Waals surface area contributed by atoms with Gasteiger partial charge in [0, 0.05) is 21.1 Å².